The van der Waals surface area contributed by atoms with Gasteiger partial charge in [-0.15, -0.1) is 0 Å². The van der Waals surface area contributed by atoms with Crippen LogP contribution in [0.2, 0.25) is 0 Å². The average Bonchev–Trinajstić information content (AvgIpc) is 2.95. The lowest BCUT2D eigenvalue weighted by Gasteiger charge is -2.34. The van der Waals surface area contributed by atoms with E-state index in [2.05, 4.69) is 48.5 Å². The summed E-state index contributed by atoms with van der Waals surface area (Å²) < 4.78 is 11.1. The molecular formula is C32H25NO3. The molecule has 0 amide bonds. The fraction of sp³-hybridized carbons (Fsp3) is 0.188. The molecule has 1 atom stereocenters. The van der Waals surface area contributed by atoms with Crippen molar-refractivity contribution in [1.29, 1.82) is 0 Å². The summed E-state index contributed by atoms with van der Waals surface area (Å²) in [6.07, 6.45) is 3.42. The number of fused-ring (bicyclic) bond motifs is 3. The first-order chi connectivity index (χ1) is 17.6. The van der Waals surface area contributed by atoms with Gasteiger partial charge in [-0.1, -0.05) is 54.6 Å². The minimum atomic E-state index is 0.0924. The number of nitrogens with zero attached hydrogens (tertiary/aromatic N) is 1. The van der Waals surface area contributed by atoms with Crippen molar-refractivity contribution < 1.29 is 14.3 Å². The molecule has 0 fully saturated rings. The third-order valence-electron chi connectivity index (χ3n) is 7.94. The summed E-state index contributed by atoms with van der Waals surface area (Å²) >= 11 is 0. The first-order valence-electron chi connectivity index (χ1n) is 12.3. The lowest BCUT2D eigenvalue weighted by Crippen LogP contribution is -2.20. The smallest absolute Gasteiger partial charge is 0.167 e. The van der Waals surface area contributed by atoms with Crippen LogP contribution in [0.1, 0.15) is 51.9 Å². The molecule has 0 saturated carbocycles. The topological polar surface area (TPSA) is 47.9 Å². The monoisotopic (exact) mass is 471 g/mol. The van der Waals surface area contributed by atoms with Crippen LogP contribution in [-0.2, 0) is 6.42 Å². The van der Waals surface area contributed by atoms with Crippen LogP contribution in [0, 0.1) is 0 Å². The SMILES string of the molecule is COc1cc2c(cc1OC)N=C(C)C1=CCC3c4c(ccc(c41)C(=O)C2)-c1cccc2cccc3c12. The zero-order valence-electron chi connectivity index (χ0n) is 20.5. The van der Waals surface area contributed by atoms with Gasteiger partial charge in [-0.05, 0) is 69.1 Å². The number of methoxy groups -OCH3 is 2. The lowest BCUT2D eigenvalue weighted by molar-refractivity contribution is 0.0992. The predicted molar refractivity (Wildman–Crippen MR) is 144 cm³/mol. The van der Waals surface area contributed by atoms with Crippen molar-refractivity contribution in [3.63, 3.8) is 0 Å². The Hall–Kier alpha value is -4.18. The van der Waals surface area contributed by atoms with E-state index in [9.17, 15) is 4.79 Å². The van der Waals surface area contributed by atoms with Crippen LogP contribution in [0.3, 0.4) is 0 Å². The molecule has 0 saturated heterocycles. The molecule has 1 aliphatic heterocycles. The van der Waals surface area contributed by atoms with E-state index in [0.29, 0.717) is 11.5 Å². The van der Waals surface area contributed by atoms with Crippen LogP contribution in [0.25, 0.3) is 27.5 Å². The number of benzene rings is 4. The van der Waals surface area contributed by atoms with Crippen LogP contribution in [0.5, 0.6) is 11.5 Å². The van der Waals surface area contributed by atoms with Gasteiger partial charge in [0.15, 0.2) is 17.3 Å². The molecule has 4 nitrogen and oxygen atoms in total. The number of hydrogen-bond donors (Lipinski definition) is 0. The summed E-state index contributed by atoms with van der Waals surface area (Å²) in [4.78, 5) is 18.9. The van der Waals surface area contributed by atoms with Crippen molar-refractivity contribution in [3.05, 3.63) is 94.6 Å². The number of aliphatic imine (C=N–C) groups is 1. The van der Waals surface area contributed by atoms with Gasteiger partial charge >= 0.3 is 0 Å². The molecule has 0 aromatic heterocycles. The fourth-order valence-corrected chi connectivity index (χ4v) is 6.36. The van der Waals surface area contributed by atoms with E-state index in [1.165, 1.54) is 33.0 Å². The van der Waals surface area contributed by atoms with Gasteiger partial charge in [0.1, 0.15) is 0 Å². The maximum atomic E-state index is 13.9. The minimum absolute atomic E-state index is 0.0924. The van der Waals surface area contributed by atoms with Crippen LogP contribution >= 0.6 is 0 Å². The first-order valence-corrected chi connectivity index (χ1v) is 12.3. The molecule has 0 bridgehead atoms. The summed E-state index contributed by atoms with van der Waals surface area (Å²) in [6.45, 7) is 2.04. The van der Waals surface area contributed by atoms with Gasteiger partial charge in [0.25, 0.3) is 0 Å². The molecule has 176 valence electrons. The largest absolute Gasteiger partial charge is 0.493 e. The lowest BCUT2D eigenvalue weighted by atomic mass is 9.68. The third kappa shape index (κ3) is 2.81. The van der Waals surface area contributed by atoms with Crippen LogP contribution in [0.4, 0.5) is 5.69 Å². The first kappa shape index (κ1) is 21.1. The summed E-state index contributed by atoms with van der Waals surface area (Å²) in [6, 6.07) is 21.1. The molecular weight excluding hydrogens is 446 g/mol. The number of allylic oxidation sites excluding steroid dienone is 2. The van der Waals surface area contributed by atoms with Gasteiger partial charge in [0, 0.05) is 29.7 Å². The van der Waals surface area contributed by atoms with Crippen molar-refractivity contribution in [1.82, 2.24) is 0 Å². The maximum absolute atomic E-state index is 13.9. The van der Waals surface area contributed by atoms with Gasteiger partial charge in [-0.25, -0.2) is 0 Å². The molecule has 0 radical (unpaired) electrons. The molecule has 4 aromatic carbocycles. The van der Waals surface area contributed by atoms with E-state index in [0.717, 1.165) is 40.1 Å². The standard InChI is InChI=1S/C32H25NO3/c1-17-20-10-11-23-21-8-4-6-18-7-5-9-22(30(18)21)24-12-13-25(31(20)32(23)24)27(34)14-19-15-28(35-2)29(36-3)16-26(19)33-17/h4-10,12-13,15-16,23H,11,14H2,1-3H3. The van der Waals surface area contributed by atoms with E-state index < -0.39 is 0 Å². The number of rotatable bonds is 2. The Morgan fingerprint density at radius 3 is 2.44 bits per heavy atom. The third-order valence-corrected chi connectivity index (χ3v) is 7.94. The second-order valence-electron chi connectivity index (χ2n) is 9.74. The summed E-state index contributed by atoms with van der Waals surface area (Å²) in [5.41, 5.74) is 10.5. The number of Topliss-reactive ketones (excluding diaryl/α,β-unsaturated/α-hetero) is 1. The number of carbonyl (C=O) groups is 1. The Morgan fingerprint density at radius 1 is 0.889 bits per heavy atom. The van der Waals surface area contributed by atoms with Crippen LogP contribution in [0.15, 0.2) is 71.7 Å². The predicted octanol–water partition coefficient (Wildman–Crippen LogP) is 7.29. The molecule has 4 heteroatoms. The van der Waals surface area contributed by atoms with E-state index in [4.69, 9.17) is 14.5 Å². The number of ketones is 1. The normalized spacial score (nSPS) is 17.2. The Morgan fingerprint density at radius 2 is 1.64 bits per heavy atom. The molecule has 0 spiro atoms. The maximum Gasteiger partial charge on any atom is 0.167 e. The molecule has 1 heterocycles. The Balaban J connectivity index is 1.52. The van der Waals surface area contributed by atoms with Crippen molar-refractivity contribution in [2.45, 2.75) is 25.7 Å². The highest BCUT2D eigenvalue weighted by Crippen LogP contribution is 2.53. The Kier molecular flexibility index (Phi) is 4.50. The van der Waals surface area contributed by atoms with Crippen LogP contribution < -0.4 is 9.47 Å². The zero-order chi connectivity index (χ0) is 24.6. The Labute approximate surface area is 209 Å². The average molecular weight is 472 g/mol. The van der Waals surface area contributed by atoms with Gasteiger partial charge in [0.05, 0.1) is 19.9 Å². The van der Waals surface area contributed by atoms with Crippen molar-refractivity contribution in [3.8, 4) is 22.6 Å². The fourth-order valence-electron chi connectivity index (χ4n) is 6.36. The van der Waals surface area contributed by atoms with Crippen molar-refractivity contribution in [2.24, 2.45) is 4.99 Å². The minimum Gasteiger partial charge on any atom is -0.493 e. The Bertz CT molecular complexity index is 1690. The number of carbonyl (C=O) groups excluding carboxylic acids is 1. The molecule has 1 unspecified atom stereocenters. The molecule has 3 aliphatic rings. The summed E-state index contributed by atoms with van der Waals surface area (Å²) in [7, 11) is 3.23. The quantitative estimate of drug-likeness (QED) is 0.308. The van der Waals surface area contributed by atoms with Gasteiger partial charge < -0.3 is 9.47 Å². The van der Waals surface area contributed by atoms with E-state index in [1.54, 1.807) is 14.2 Å². The van der Waals surface area contributed by atoms with Gasteiger partial charge in [-0.2, -0.15) is 0 Å². The summed E-state index contributed by atoms with van der Waals surface area (Å²) in [5.74, 6) is 1.53. The number of hydrogen-bond acceptors (Lipinski definition) is 4. The van der Waals surface area contributed by atoms with Crippen LogP contribution in [-0.4, -0.2) is 25.7 Å². The van der Waals surface area contributed by atoms with Crippen molar-refractivity contribution >= 4 is 33.5 Å². The molecule has 36 heavy (non-hydrogen) atoms. The van der Waals surface area contributed by atoms with E-state index in [-0.39, 0.29) is 18.1 Å². The second-order valence-corrected chi connectivity index (χ2v) is 9.74. The van der Waals surface area contributed by atoms with Crippen molar-refractivity contribution in [2.75, 3.05) is 14.2 Å². The molecule has 2 aliphatic carbocycles. The van der Waals surface area contributed by atoms with E-state index in [1.807, 2.05) is 25.1 Å². The van der Waals surface area contributed by atoms with Gasteiger partial charge in [-0.3, -0.25) is 9.79 Å². The molecule has 0 N–H and O–H groups in total. The highest BCUT2D eigenvalue weighted by molar-refractivity contribution is 6.27. The van der Waals surface area contributed by atoms with E-state index >= 15 is 0 Å². The highest BCUT2D eigenvalue weighted by atomic mass is 16.5. The zero-order valence-corrected chi connectivity index (χ0v) is 20.5. The molecule has 4 aromatic rings. The second kappa shape index (κ2) is 7.66. The molecule has 7 rings (SSSR count). The highest BCUT2D eigenvalue weighted by Gasteiger charge is 2.35. The number of ether oxygens (including phenoxy) is 2. The van der Waals surface area contributed by atoms with Gasteiger partial charge in [0.2, 0.25) is 0 Å². The summed E-state index contributed by atoms with van der Waals surface area (Å²) in [5, 5.41) is 2.60.